The zero-order valence-corrected chi connectivity index (χ0v) is 13.7. The number of anilines is 2. The summed E-state index contributed by atoms with van der Waals surface area (Å²) >= 11 is 1.86. The molecule has 0 atom stereocenters. The molecule has 3 heteroatoms. The Hall–Kier alpha value is -1.48. The van der Waals surface area contributed by atoms with Gasteiger partial charge in [-0.3, -0.25) is 0 Å². The van der Waals surface area contributed by atoms with Gasteiger partial charge in [-0.25, -0.2) is 4.98 Å². The Morgan fingerprint density at radius 1 is 1.00 bits per heavy atom. The van der Waals surface area contributed by atoms with Crippen LogP contribution in [0, 0.1) is 6.92 Å². The fourth-order valence-electron chi connectivity index (χ4n) is 1.94. The van der Waals surface area contributed by atoms with Gasteiger partial charge in [0.05, 0.1) is 5.69 Å². The zero-order valence-electron chi connectivity index (χ0n) is 12.8. The van der Waals surface area contributed by atoms with Gasteiger partial charge in [0.1, 0.15) is 5.82 Å². The maximum absolute atomic E-state index is 4.74. The third kappa shape index (κ3) is 3.76. The Labute approximate surface area is 126 Å². The molecule has 1 aromatic carbocycles. The molecule has 0 saturated carbocycles. The minimum absolute atomic E-state index is 0.208. The molecule has 0 amide bonds. The first kappa shape index (κ1) is 14.9. The molecule has 2 rings (SSSR count). The summed E-state index contributed by atoms with van der Waals surface area (Å²) in [6.45, 7) is 8.75. The number of pyridine rings is 1. The summed E-state index contributed by atoms with van der Waals surface area (Å²) in [6.07, 6.45) is 0. The maximum atomic E-state index is 4.74. The minimum atomic E-state index is 0.208. The normalized spacial score (nSPS) is 11.4. The molecule has 0 radical (unpaired) electrons. The summed E-state index contributed by atoms with van der Waals surface area (Å²) in [5, 5.41) is 0. The highest BCUT2D eigenvalue weighted by Crippen LogP contribution is 2.34. The van der Waals surface area contributed by atoms with Gasteiger partial charge in [0.25, 0.3) is 0 Å². The molecule has 106 valence electrons. The first-order valence-corrected chi connectivity index (χ1v) is 7.64. The van der Waals surface area contributed by atoms with Gasteiger partial charge in [0.15, 0.2) is 0 Å². The van der Waals surface area contributed by atoms with E-state index in [1.807, 2.05) is 37.0 Å². The molecule has 2 nitrogen and oxygen atoms in total. The molecule has 0 N–H and O–H groups in total. The molecule has 0 fully saturated rings. The van der Waals surface area contributed by atoms with Crippen molar-refractivity contribution in [3.05, 3.63) is 48.2 Å². The van der Waals surface area contributed by atoms with Crippen molar-refractivity contribution in [3.8, 4) is 0 Å². The van der Waals surface area contributed by atoms with Crippen molar-refractivity contribution in [2.24, 2.45) is 0 Å². The smallest absolute Gasteiger partial charge is 0.133 e. The molecule has 0 aliphatic rings. The van der Waals surface area contributed by atoms with Gasteiger partial charge in [-0.15, -0.1) is 11.8 Å². The molecule has 0 saturated heterocycles. The van der Waals surface area contributed by atoms with E-state index in [2.05, 4.69) is 56.9 Å². The molecular weight excluding hydrogens is 264 g/mol. The standard InChI is InChI=1S/C17H22N2S/c1-13-15(20-17(2,3)4)11-12-16(18-13)19(5)14-9-7-6-8-10-14/h6-12H,1-5H3. The van der Waals surface area contributed by atoms with Crippen molar-refractivity contribution in [2.75, 3.05) is 11.9 Å². The molecule has 0 spiro atoms. The van der Waals surface area contributed by atoms with Crippen molar-refractivity contribution in [1.29, 1.82) is 0 Å². The second-order valence-corrected chi connectivity index (χ2v) is 7.73. The monoisotopic (exact) mass is 286 g/mol. The topological polar surface area (TPSA) is 16.1 Å². The van der Waals surface area contributed by atoms with Crippen LogP contribution in [0.1, 0.15) is 26.5 Å². The summed E-state index contributed by atoms with van der Waals surface area (Å²) in [5.41, 5.74) is 2.24. The number of aryl methyl sites for hydroxylation is 1. The summed E-state index contributed by atoms with van der Waals surface area (Å²) in [7, 11) is 2.05. The number of hydrogen-bond acceptors (Lipinski definition) is 3. The first-order chi connectivity index (χ1) is 9.37. The van der Waals surface area contributed by atoms with E-state index >= 15 is 0 Å². The largest absolute Gasteiger partial charge is 0.329 e. The van der Waals surface area contributed by atoms with E-state index in [1.165, 1.54) is 4.90 Å². The number of aromatic nitrogens is 1. The molecule has 0 bridgehead atoms. The lowest BCUT2D eigenvalue weighted by Crippen LogP contribution is -2.12. The van der Waals surface area contributed by atoms with Gasteiger partial charge >= 0.3 is 0 Å². The van der Waals surface area contributed by atoms with Crippen LogP contribution >= 0.6 is 11.8 Å². The lowest BCUT2D eigenvalue weighted by atomic mass is 10.3. The zero-order chi connectivity index (χ0) is 14.8. The average Bonchev–Trinajstić information content (AvgIpc) is 2.40. The first-order valence-electron chi connectivity index (χ1n) is 6.82. The van der Waals surface area contributed by atoms with E-state index in [4.69, 9.17) is 4.98 Å². The van der Waals surface area contributed by atoms with Gasteiger partial charge in [0.2, 0.25) is 0 Å². The van der Waals surface area contributed by atoms with Crippen LogP contribution in [0.4, 0.5) is 11.5 Å². The Kier molecular flexibility index (Phi) is 4.39. The Morgan fingerprint density at radius 3 is 2.20 bits per heavy atom. The number of para-hydroxylation sites is 1. The van der Waals surface area contributed by atoms with Gasteiger partial charge in [0, 0.05) is 22.4 Å². The van der Waals surface area contributed by atoms with Crippen LogP contribution < -0.4 is 4.90 Å². The highest BCUT2D eigenvalue weighted by atomic mass is 32.2. The van der Waals surface area contributed by atoms with Gasteiger partial charge in [-0.05, 0) is 31.2 Å². The summed E-state index contributed by atoms with van der Waals surface area (Å²) in [6, 6.07) is 14.6. The third-order valence-electron chi connectivity index (χ3n) is 2.93. The second-order valence-electron chi connectivity index (χ2n) is 5.86. The maximum Gasteiger partial charge on any atom is 0.133 e. The summed E-state index contributed by atoms with van der Waals surface area (Å²) in [5.74, 6) is 0.979. The van der Waals surface area contributed by atoms with Gasteiger partial charge in [-0.1, -0.05) is 39.0 Å². The van der Waals surface area contributed by atoms with Crippen LogP contribution in [0.3, 0.4) is 0 Å². The minimum Gasteiger partial charge on any atom is -0.329 e. The lowest BCUT2D eigenvalue weighted by molar-refractivity contribution is 0.801. The van der Waals surface area contributed by atoms with Crippen LogP contribution in [-0.2, 0) is 0 Å². The van der Waals surface area contributed by atoms with Crippen molar-refractivity contribution >= 4 is 23.3 Å². The Bertz CT molecular complexity index is 573. The molecular formula is C17H22N2S. The fraction of sp³-hybridized carbons (Fsp3) is 0.353. The molecule has 0 aliphatic carbocycles. The lowest BCUT2D eigenvalue weighted by Gasteiger charge is -2.22. The highest BCUT2D eigenvalue weighted by Gasteiger charge is 2.15. The van der Waals surface area contributed by atoms with E-state index in [-0.39, 0.29) is 4.75 Å². The van der Waals surface area contributed by atoms with Crippen molar-refractivity contribution in [3.63, 3.8) is 0 Å². The number of thioether (sulfide) groups is 1. The number of nitrogens with zero attached hydrogens (tertiary/aromatic N) is 2. The van der Waals surface area contributed by atoms with Crippen molar-refractivity contribution < 1.29 is 0 Å². The average molecular weight is 286 g/mol. The molecule has 0 aliphatic heterocycles. The van der Waals surface area contributed by atoms with Gasteiger partial charge < -0.3 is 4.90 Å². The Balaban J connectivity index is 2.25. The van der Waals surface area contributed by atoms with E-state index in [0.29, 0.717) is 0 Å². The number of rotatable bonds is 3. The summed E-state index contributed by atoms with van der Waals surface area (Å²) in [4.78, 5) is 8.10. The van der Waals surface area contributed by atoms with Crippen molar-refractivity contribution in [1.82, 2.24) is 4.98 Å². The fourth-order valence-corrected chi connectivity index (χ4v) is 2.93. The highest BCUT2D eigenvalue weighted by molar-refractivity contribution is 8.00. The van der Waals surface area contributed by atoms with Crippen LogP contribution in [0.15, 0.2) is 47.4 Å². The molecule has 1 heterocycles. The molecule has 0 unspecified atom stereocenters. The van der Waals surface area contributed by atoms with Crippen LogP contribution in [-0.4, -0.2) is 16.8 Å². The van der Waals surface area contributed by atoms with Gasteiger partial charge in [-0.2, -0.15) is 0 Å². The predicted molar refractivity (Wildman–Crippen MR) is 89.1 cm³/mol. The number of hydrogen-bond donors (Lipinski definition) is 0. The van der Waals surface area contributed by atoms with E-state index in [9.17, 15) is 0 Å². The third-order valence-corrected chi connectivity index (χ3v) is 4.19. The molecule has 20 heavy (non-hydrogen) atoms. The molecule has 1 aromatic heterocycles. The Morgan fingerprint density at radius 2 is 1.65 bits per heavy atom. The summed E-state index contributed by atoms with van der Waals surface area (Å²) < 4.78 is 0.208. The molecule has 2 aromatic rings. The quantitative estimate of drug-likeness (QED) is 0.735. The van der Waals surface area contributed by atoms with Crippen LogP contribution in [0.2, 0.25) is 0 Å². The SMILES string of the molecule is Cc1nc(N(C)c2ccccc2)ccc1SC(C)(C)C. The van der Waals surface area contributed by atoms with Crippen molar-refractivity contribution in [2.45, 2.75) is 37.3 Å². The van der Waals surface area contributed by atoms with Crippen LogP contribution in [0.25, 0.3) is 0 Å². The van der Waals surface area contributed by atoms with Crippen LogP contribution in [0.5, 0.6) is 0 Å². The number of benzene rings is 1. The second kappa shape index (κ2) is 5.88. The predicted octanol–water partition coefficient (Wildman–Crippen LogP) is 5.05. The van der Waals surface area contributed by atoms with E-state index in [0.717, 1.165) is 17.2 Å². The van der Waals surface area contributed by atoms with E-state index < -0.39 is 0 Å². The van der Waals surface area contributed by atoms with E-state index in [1.54, 1.807) is 0 Å².